The highest BCUT2D eigenvalue weighted by Crippen LogP contribution is 2.23. The molecule has 1 unspecified atom stereocenters. The average Bonchev–Trinajstić information content (AvgIpc) is 2.59. The highest BCUT2D eigenvalue weighted by molar-refractivity contribution is 14.1. The van der Waals surface area contributed by atoms with Crippen molar-refractivity contribution in [3.63, 3.8) is 0 Å². The second-order valence-corrected chi connectivity index (χ2v) is 6.71. The minimum Gasteiger partial charge on any atom is -0.274 e. The van der Waals surface area contributed by atoms with Crippen LogP contribution >= 0.6 is 22.6 Å². The van der Waals surface area contributed by atoms with Gasteiger partial charge in [-0.2, -0.15) is 0 Å². The predicted molar refractivity (Wildman–Crippen MR) is 79.1 cm³/mol. The van der Waals surface area contributed by atoms with E-state index in [4.69, 9.17) is 0 Å². The highest BCUT2D eigenvalue weighted by atomic mass is 127. The number of benzene rings is 1. The fourth-order valence-electron chi connectivity index (χ4n) is 2.14. The number of carbonyl (C=O) groups is 2. The molecule has 0 N–H and O–H groups in total. The van der Waals surface area contributed by atoms with E-state index in [1.54, 1.807) is 24.3 Å². The molecule has 0 saturated carbocycles. The third kappa shape index (κ3) is 2.74. The van der Waals surface area contributed by atoms with Gasteiger partial charge in [-0.15, -0.1) is 0 Å². The Morgan fingerprint density at radius 1 is 1.11 bits per heavy atom. The molecule has 0 saturated heterocycles. The topological polar surface area (TPSA) is 37.4 Å². The van der Waals surface area contributed by atoms with Crippen LogP contribution in [-0.4, -0.2) is 27.2 Å². The summed E-state index contributed by atoms with van der Waals surface area (Å²) in [5.41, 5.74) is 1.09. The summed E-state index contributed by atoms with van der Waals surface area (Å²) in [4.78, 5) is 25.5. The van der Waals surface area contributed by atoms with Gasteiger partial charge in [0.2, 0.25) is 0 Å². The summed E-state index contributed by atoms with van der Waals surface area (Å²) in [5, 5.41) is 0. The van der Waals surface area contributed by atoms with Crippen molar-refractivity contribution in [2.24, 2.45) is 0 Å². The molecule has 0 radical (unpaired) electrons. The second-order valence-electron chi connectivity index (χ2n) is 4.58. The maximum absolute atomic E-state index is 12.0. The van der Waals surface area contributed by atoms with E-state index in [1.165, 1.54) is 4.90 Å². The molecule has 0 aliphatic carbocycles. The Morgan fingerprint density at radius 3 is 2.17 bits per heavy atom. The SMILES string of the molecule is CC(I)CCCCN1C(=O)c2ccccc2C1=O. The number of unbranched alkanes of at least 4 members (excludes halogenated alkanes) is 1. The van der Waals surface area contributed by atoms with Crippen molar-refractivity contribution in [2.45, 2.75) is 30.1 Å². The number of halogens is 1. The first-order valence-electron chi connectivity index (χ1n) is 6.20. The molecule has 4 heteroatoms. The molecule has 0 bridgehead atoms. The van der Waals surface area contributed by atoms with Crippen molar-refractivity contribution in [1.29, 1.82) is 0 Å². The van der Waals surface area contributed by atoms with Gasteiger partial charge in [0, 0.05) is 10.5 Å². The van der Waals surface area contributed by atoms with Crippen molar-refractivity contribution < 1.29 is 9.59 Å². The maximum Gasteiger partial charge on any atom is 0.261 e. The van der Waals surface area contributed by atoms with Crippen LogP contribution < -0.4 is 0 Å². The van der Waals surface area contributed by atoms with Crippen LogP contribution in [-0.2, 0) is 0 Å². The lowest BCUT2D eigenvalue weighted by Crippen LogP contribution is -2.30. The van der Waals surface area contributed by atoms with Gasteiger partial charge in [0.05, 0.1) is 11.1 Å². The molecule has 1 aromatic carbocycles. The van der Waals surface area contributed by atoms with E-state index in [1.807, 2.05) is 0 Å². The number of rotatable bonds is 5. The van der Waals surface area contributed by atoms with E-state index >= 15 is 0 Å². The molecule has 1 aliphatic heterocycles. The Bertz CT molecular complexity index is 436. The molecule has 96 valence electrons. The van der Waals surface area contributed by atoms with E-state index in [-0.39, 0.29) is 11.8 Å². The molecule has 1 atom stereocenters. The fourth-order valence-corrected chi connectivity index (χ4v) is 2.58. The number of hydrogen-bond donors (Lipinski definition) is 0. The van der Waals surface area contributed by atoms with Crippen molar-refractivity contribution in [2.75, 3.05) is 6.54 Å². The summed E-state index contributed by atoms with van der Waals surface area (Å²) in [6.07, 6.45) is 3.07. The first-order chi connectivity index (χ1) is 8.61. The van der Waals surface area contributed by atoms with Gasteiger partial charge < -0.3 is 0 Å². The average molecular weight is 357 g/mol. The Hall–Kier alpha value is -0.910. The predicted octanol–water partition coefficient (Wildman–Crippen LogP) is 3.28. The molecule has 0 spiro atoms. The number of hydrogen-bond acceptors (Lipinski definition) is 2. The molecule has 0 aromatic heterocycles. The van der Waals surface area contributed by atoms with Gasteiger partial charge in [-0.3, -0.25) is 14.5 Å². The van der Waals surface area contributed by atoms with E-state index in [2.05, 4.69) is 29.5 Å². The van der Waals surface area contributed by atoms with E-state index in [0.29, 0.717) is 21.6 Å². The van der Waals surface area contributed by atoms with Crippen LogP contribution in [0.3, 0.4) is 0 Å². The van der Waals surface area contributed by atoms with Crippen LogP contribution in [0.25, 0.3) is 0 Å². The number of carbonyl (C=O) groups excluding carboxylic acids is 2. The van der Waals surface area contributed by atoms with Crippen molar-refractivity contribution in [1.82, 2.24) is 4.90 Å². The van der Waals surface area contributed by atoms with Crippen molar-refractivity contribution >= 4 is 34.4 Å². The number of fused-ring (bicyclic) bond motifs is 1. The molecule has 2 amide bonds. The van der Waals surface area contributed by atoms with Gasteiger partial charge in [-0.25, -0.2) is 0 Å². The summed E-state index contributed by atoms with van der Waals surface area (Å²) in [6, 6.07) is 7.04. The summed E-state index contributed by atoms with van der Waals surface area (Å²) in [6.45, 7) is 2.71. The van der Waals surface area contributed by atoms with Crippen LogP contribution in [0.5, 0.6) is 0 Å². The van der Waals surface area contributed by atoms with Crippen LogP contribution in [0.2, 0.25) is 0 Å². The lowest BCUT2D eigenvalue weighted by atomic mass is 10.1. The molecule has 1 heterocycles. The van der Waals surface area contributed by atoms with Gasteiger partial charge in [0.25, 0.3) is 11.8 Å². The summed E-state index contributed by atoms with van der Waals surface area (Å²) >= 11 is 2.39. The molecule has 1 aliphatic rings. The molecular formula is C14H16INO2. The molecule has 0 fully saturated rings. The number of amides is 2. The second kappa shape index (κ2) is 5.82. The monoisotopic (exact) mass is 357 g/mol. The maximum atomic E-state index is 12.0. The lowest BCUT2D eigenvalue weighted by molar-refractivity contribution is 0.0651. The molecule has 2 rings (SSSR count). The van der Waals surface area contributed by atoms with Crippen LogP contribution in [0, 0.1) is 0 Å². The third-order valence-corrected chi connectivity index (χ3v) is 3.73. The Labute approximate surface area is 121 Å². The minimum atomic E-state index is -0.141. The van der Waals surface area contributed by atoms with Crippen LogP contribution in [0.4, 0.5) is 0 Å². The summed E-state index contributed by atoms with van der Waals surface area (Å²) in [5.74, 6) is -0.281. The first kappa shape index (κ1) is 13.5. The first-order valence-corrected chi connectivity index (χ1v) is 7.45. The zero-order valence-electron chi connectivity index (χ0n) is 10.4. The van der Waals surface area contributed by atoms with Crippen molar-refractivity contribution in [3.05, 3.63) is 35.4 Å². The van der Waals surface area contributed by atoms with Crippen LogP contribution in [0.1, 0.15) is 46.9 Å². The lowest BCUT2D eigenvalue weighted by Gasteiger charge is -2.13. The molecule has 18 heavy (non-hydrogen) atoms. The summed E-state index contributed by atoms with van der Waals surface area (Å²) in [7, 11) is 0. The minimum absolute atomic E-state index is 0.141. The summed E-state index contributed by atoms with van der Waals surface area (Å²) < 4.78 is 0.643. The largest absolute Gasteiger partial charge is 0.274 e. The Kier molecular flexibility index (Phi) is 4.37. The number of alkyl halides is 1. The van der Waals surface area contributed by atoms with Crippen molar-refractivity contribution in [3.8, 4) is 0 Å². The van der Waals surface area contributed by atoms with Gasteiger partial charge in [-0.1, -0.05) is 48.1 Å². The highest BCUT2D eigenvalue weighted by Gasteiger charge is 2.34. The molecule has 1 aromatic rings. The van der Waals surface area contributed by atoms with E-state index < -0.39 is 0 Å². The van der Waals surface area contributed by atoms with Gasteiger partial charge in [0.1, 0.15) is 0 Å². The number of nitrogens with zero attached hydrogens (tertiary/aromatic N) is 1. The Morgan fingerprint density at radius 2 is 1.67 bits per heavy atom. The zero-order valence-corrected chi connectivity index (χ0v) is 12.5. The zero-order chi connectivity index (χ0) is 13.1. The third-order valence-electron chi connectivity index (χ3n) is 3.11. The van der Waals surface area contributed by atoms with Gasteiger partial charge in [-0.05, 0) is 25.0 Å². The smallest absolute Gasteiger partial charge is 0.261 e. The normalized spacial score (nSPS) is 16.0. The quantitative estimate of drug-likeness (QED) is 0.351. The van der Waals surface area contributed by atoms with E-state index in [0.717, 1.165) is 19.3 Å². The molecule has 3 nitrogen and oxygen atoms in total. The fraction of sp³-hybridized carbons (Fsp3) is 0.429. The van der Waals surface area contributed by atoms with Crippen LogP contribution in [0.15, 0.2) is 24.3 Å². The van der Waals surface area contributed by atoms with Gasteiger partial charge >= 0.3 is 0 Å². The number of imide groups is 1. The molecular weight excluding hydrogens is 341 g/mol. The Balaban J connectivity index is 1.97. The van der Waals surface area contributed by atoms with E-state index in [9.17, 15) is 9.59 Å². The standard InChI is InChI=1S/C14H16INO2/c1-10(15)6-4-5-9-16-13(17)11-7-2-3-8-12(11)14(16)18/h2-3,7-8,10H,4-6,9H2,1H3. The van der Waals surface area contributed by atoms with Gasteiger partial charge in [0.15, 0.2) is 0 Å².